The summed E-state index contributed by atoms with van der Waals surface area (Å²) >= 11 is 0. The first kappa shape index (κ1) is 13.7. The maximum Gasteiger partial charge on any atom is 0.126 e. The molecule has 0 aliphatic heterocycles. The number of aromatic hydroxyl groups is 3. The number of hydrogen-bond donors (Lipinski definition) is 3. The minimum absolute atomic E-state index is 0.169. The lowest BCUT2D eigenvalue weighted by Crippen LogP contribution is -1.77. The molecule has 0 aliphatic rings. The van der Waals surface area contributed by atoms with Gasteiger partial charge in [0.15, 0.2) is 0 Å². The Morgan fingerprint density at radius 2 is 1.20 bits per heavy atom. The predicted octanol–water partition coefficient (Wildman–Crippen LogP) is 3.95. The molecule has 20 heavy (non-hydrogen) atoms. The van der Waals surface area contributed by atoms with Crippen molar-refractivity contribution in [2.24, 2.45) is 0 Å². The molecule has 0 saturated carbocycles. The van der Waals surface area contributed by atoms with Gasteiger partial charge in [-0.1, -0.05) is 36.4 Å². The van der Waals surface area contributed by atoms with Gasteiger partial charge in [0, 0.05) is 5.39 Å². The Kier molecular flexibility index (Phi) is 4.11. The monoisotopic (exact) mass is 268 g/mol. The molecule has 0 amide bonds. The molecule has 0 aliphatic carbocycles. The van der Waals surface area contributed by atoms with Crippen LogP contribution in [0.1, 0.15) is 5.56 Å². The van der Waals surface area contributed by atoms with Gasteiger partial charge in [0.25, 0.3) is 0 Å². The standard InChI is InChI=1S/C11H10O.C6H6O2/c1-8-6-7-9-4-2-3-5-10(9)11(8)12;7-5-1-2-6(8)4-3-5/h2-7,12H,1H3;1-4,7-8H. The van der Waals surface area contributed by atoms with E-state index in [-0.39, 0.29) is 11.5 Å². The van der Waals surface area contributed by atoms with Crippen LogP contribution in [0, 0.1) is 6.92 Å². The molecular formula is C17H16O3. The summed E-state index contributed by atoms with van der Waals surface area (Å²) in [6, 6.07) is 17.5. The molecule has 0 aromatic heterocycles. The van der Waals surface area contributed by atoms with Gasteiger partial charge in [0.05, 0.1) is 0 Å². The Hall–Kier alpha value is -2.68. The maximum absolute atomic E-state index is 9.66. The summed E-state index contributed by atoms with van der Waals surface area (Å²) in [7, 11) is 0. The topological polar surface area (TPSA) is 60.7 Å². The van der Waals surface area contributed by atoms with E-state index in [0.717, 1.165) is 16.3 Å². The van der Waals surface area contributed by atoms with Crippen molar-refractivity contribution in [2.45, 2.75) is 6.92 Å². The number of fused-ring (bicyclic) bond motifs is 1. The highest BCUT2D eigenvalue weighted by molar-refractivity contribution is 5.89. The lowest BCUT2D eigenvalue weighted by Gasteiger charge is -2.02. The van der Waals surface area contributed by atoms with Gasteiger partial charge in [0.2, 0.25) is 0 Å². The molecule has 0 saturated heterocycles. The third-order valence-corrected chi connectivity index (χ3v) is 2.95. The Bertz CT molecular complexity index is 682. The van der Waals surface area contributed by atoms with Crippen molar-refractivity contribution in [3.8, 4) is 17.2 Å². The maximum atomic E-state index is 9.66. The molecule has 3 heteroatoms. The highest BCUT2D eigenvalue weighted by Gasteiger charge is 2.00. The number of rotatable bonds is 0. The third-order valence-electron chi connectivity index (χ3n) is 2.95. The number of aryl methyl sites for hydroxylation is 1. The molecule has 3 aromatic rings. The van der Waals surface area contributed by atoms with Crippen LogP contribution < -0.4 is 0 Å². The molecule has 102 valence electrons. The summed E-state index contributed by atoms with van der Waals surface area (Å²) in [5.74, 6) is 0.735. The van der Waals surface area contributed by atoms with Crippen LogP contribution in [-0.4, -0.2) is 15.3 Å². The number of benzene rings is 3. The van der Waals surface area contributed by atoms with Crippen LogP contribution in [0.5, 0.6) is 17.2 Å². The summed E-state index contributed by atoms with van der Waals surface area (Å²) < 4.78 is 0. The van der Waals surface area contributed by atoms with Gasteiger partial charge < -0.3 is 15.3 Å². The molecule has 0 atom stereocenters. The zero-order valence-electron chi connectivity index (χ0n) is 11.1. The predicted molar refractivity (Wildman–Crippen MR) is 80.1 cm³/mol. The first-order valence-electron chi connectivity index (χ1n) is 6.23. The smallest absolute Gasteiger partial charge is 0.126 e. The van der Waals surface area contributed by atoms with Crippen molar-refractivity contribution in [1.29, 1.82) is 0 Å². The van der Waals surface area contributed by atoms with E-state index in [4.69, 9.17) is 10.2 Å². The van der Waals surface area contributed by atoms with Gasteiger partial charge in [-0.3, -0.25) is 0 Å². The van der Waals surface area contributed by atoms with Crippen molar-refractivity contribution in [3.63, 3.8) is 0 Å². The van der Waals surface area contributed by atoms with Crippen molar-refractivity contribution in [3.05, 3.63) is 66.2 Å². The fraction of sp³-hybridized carbons (Fsp3) is 0.0588. The van der Waals surface area contributed by atoms with Gasteiger partial charge in [-0.05, 0) is 42.1 Å². The summed E-state index contributed by atoms with van der Waals surface area (Å²) in [4.78, 5) is 0. The van der Waals surface area contributed by atoms with Crippen LogP contribution in [0.25, 0.3) is 10.8 Å². The van der Waals surface area contributed by atoms with Crippen LogP contribution >= 0.6 is 0 Å². The van der Waals surface area contributed by atoms with Crippen molar-refractivity contribution >= 4 is 10.8 Å². The first-order chi connectivity index (χ1) is 9.58. The highest BCUT2D eigenvalue weighted by Crippen LogP contribution is 2.27. The second-order valence-electron chi connectivity index (χ2n) is 4.47. The van der Waals surface area contributed by atoms with Crippen LogP contribution in [0.15, 0.2) is 60.7 Å². The average molecular weight is 268 g/mol. The largest absolute Gasteiger partial charge is 0.508 e. The average Bonchev–Trinajstić information content (AvgIpc) is 2.47. The SMILES string of the molecule is Cc1ccc2ccccc2c1O.Oc1ccc(O)cc1. The zero-order chi connectivity index (χ0) is 14.5. The molecule has 0 spiro atoms. The number of hydrogen-bond acceptors (Lipinski definition) is 3. The molecule has 0 bridgehead atoms. The second-order valence-corrected chi connectivity index (χ2v) is 4.47. The Labute approximate surface area is 117 Å². The molecule has 0 unspecified atom stereocenters. The number of phenols is 3. The van der Waals surface area contributed by atoms with Gasteiger partial charge in [-0.2, -0.15) is 0 Å². The normalized spacial score (nSPS) is 9.85. The van der Waals surface area contributed by atoms with Crippen LogP contribution in [-0.2, 0) is 0 Å². The fourth-order valence-electron chi connectivity index (χ4n) is 1.82. The lowest BCUT2D eigenvalue weighted by molar-refractivity contribution is 0.460. The van der Waals surface area contributed by atoms with E-state index in [9.17, 15) is 5.11 Å². The van der Waals surface area contributed by atoms with Gasteiger partial charge >= 0.3 is 0 Å². The Morgan fingerprint density at radius 1 is 0.650 bits per heavy atom. The van der Waals surface area contributed by atoms with Crippen LogP contribution in [0.2, 0.25) is 0 Å². The lowest BCUT2D eigenvalue weighted by atomic mass is 10.1. The van der Waals surface area contributed by atoms with Gasteiger partial charge in [-0.25, -0.2) is 0 Å². The third kappa shape index (κ3) is 3.20. The molecule has 0 heterocycles. The van der Waals surface area contributed by atoms with E-state index in [1.807, 2.05) is 43.3 Å². The van der Waals surface area contributed by atoms with Crippen molar-refractivity contribution in [1.82, 2.24) is 0 Å². The molecule has 3 nitrogen and oxygen atoms in total. The van der Waals surface area contributed by atoms with Gasteiger partial charge in [-0.15, -0.1) is 0 Å². The minimum Gasteiger partial charge on any atom is -0.508 e. The van der Waals surface area contributed by atoms with E-state index in [1.54, 1.807) is 0 Å². The van der Waals surface area contributed by atoms with E-state index >= 15 is 0 Å². The zero-order valence-corrected chi connectivity index (χ0v) is 11.1. The molecule has 3 rings (SSSR count). The Morgan fingerprint density at radius 3 is 1.80 bits per heavy atom. The second kappa shape index (κ2) is 5.97. The molecule has 3 N–H and O–H groups in total. The Balaban J connectivity index is 0.000000160. The summed E-state index contributed by atoms with van der Waals surface area (Å²) in [5, 5.41) is 29.0. The van der Waals surface area contributed by atoms with E-state index in [0.29, 0.717) is 5.75 Å². The van der Waals surface area contributed by atoms with E-state index in [2.05, 4.69) is 0 Å². The van der Waals surface area contributed by atoms with E-state index < -0.39 is 0 Å². The fourth-order valence-corrected chi connectivity index (χ4v) is 1.82. The van der Waals surface area contributed by atoms with Crippen molar-refractivity contribution in [2.75, 3.05) is 0 Å². The summed E-state index contributed by atoms with van der Waals surface area (Å²) in [6.45, 7) is 1.90. The minimum atomic E-state index is 0.169. The quantitative estimate of drug-likeness (QED) is 0.541. The number of phenolic OH excluding ortho intramolecular Hbond substituents is 3. The van der Waals surface area contributed by atoms with Gasteiger partial charge in [0.1, 0.15) is 17.2 Å². The molecular weight excluding hydrogens is 252 g/mol. The molecule has 3 aromatic carbocycles. The first-order valence-corrected chi connectivity index (χ1v) is 6.23. The highest BCUT2D eigenvalue weighted by atomic mass is 16.3. The summed E-state index contributed by atoms with van der Waals surface area (Å²) in [6.07, 6.45) is 0. The van der Waals surface area contributed by atoms with E-state index in [1.165, 1.54) is 24.3 Å². The van der Waals surface area contributed by atoms with Crippen molar-refractivity contribution < 1.29 is 15.3 Å². The molecule has 0 fully saturated rings. The van der Waals surface area contributed by atoms with Crippen LogP contribution in [0.4, 0.5) is 0 Å². The summed E-state index contributed by atoms with van der Waals surface area (Å²) in [5.41, 5.74) is 0.925. The molecule has 0 radical (unpaired) electrons. The van der Waals surface area contributed by atoms with Crippen LogP contribution in [0.3, 0.4) is 0 Å².